The molecule has 5 heteroatoms. The Labute approximate surface area is 211 Å². The topological polar surface area (TPSA) is 46.4 Å². The minimum absolute atomic E-state index is 0.0225. The van der Waals surface area contributed by atoms with Crippen LogP contribution in [0, 0.1) is 27.7 Å². The number of thiophene rings is 1. The minimum atomic E-state index is -0.0225. The highest BCUT2D eigenvalue weighted by Gasteiger charge is 2.28. The van der Waals surface area contributed by atoms with E-state index in [0.29, 0.717) is 0 Å². The first kappa shape index (κ1) is 23.3. The summed E-state index contributed by atoms with van der Waals surface area (Å²) in [6.45, 7) is 8.35. The van der Waals surface area contributed by atoms with Crippen LogP contribution < -0.4 is 5.32 Å². The van der Waals surface area contributed by atoms with Crippen molar-refractivity contribution in [1.82, 2.24) is 4.57 Å². The van der Waals surface area contributed by atoms with Gasteiger partial charge in [0.2, 0.25) is 0 Å². The van der Waals surface area contributed by atoms with Gasteiger partial charge < -0.3 is 9.88 Å². The highest BCUT2D eigenvalue weighted by molar-refractivity contribution is 7.15. The van der Waals surface area contributed by atoms with Gasteiger partial charge in [0.05, 0.1) is 11.3 Å². The summed E-state index contributed by atoms with van der Waals surface area (Å²) in [6.07, 6.45) is 6.26. The molecule has 0 aliphatic heterocycles. The Bertz CT molecular complexity index is 1420. The molecule has 1 N–H and O–H groups in total. The first-order chi connectivity index (χ1) is 16.9. The molecule has 0 saturated heterocycles. The van der Waals surface area contributed by atoms with Gasteiger partial charge in [0.15, 0.2) is 0 Å². The molecule has 0 saturated carbocycles. The molecule has 4 nitrogen and oxygen atoms in total. The fourth-order valence-electron chi connectivity index (χ4n) is 4.86. The summed E-state index contributed by atoms with van der Waals surface area (Å²) < 4.78 is 2.24. The van der Waals surface area contributed by atoms with Gasteiger partial charge in [-0.05, 0) is 94.8 Å². The number of anilines is 1. The van der Waals surface area contributed by atoms with E-state index in [2.05, 4.69) is 55.8 Å². The van der Waals surface area contributed by atoms with Gasteiger partial charge in [-0.1, -0.05) is 29.8 Å². The van der Waals surface area contributed by atoms with Gasteiger partial charge in [-0.3, -0.25) is 9.79 Å². The number of aromatic nitrogens is 1. The molecule has 5 rings (SSSR count). The minimum Gasteiger partial charge on any atom is -0.322 e. The fraction of sp³-hybridized carbons (Fsp3) is 0.267. The van der Waals surface area contributed by atoms with Crippen LogP contribution in [0.4, 0.5) is 11.4 Å². The van der Waals surface area contributed by atoms with Crippen LogP contribution in [-0.4, -0.2) is 16.7 Å². The van der Waals surface area contributed by atoms with Crippen LogP contribution in [0.5, 0.6) is 0 Å². The number of rotatable bonds is 5. The van der Waals surface area contributed by atoms with E-state index >= 15 is 0 Å². The summed E-state index contributed by atoms with van der Waals surface area (Å²) >= 11 is 1.77. The maximum atomic E-state index is 13.7. The first-order valence-electron chi connectivity index (χ1n) is 12.2. The summed E-state index contributed by atoms with van der Waals surface area (Å²) in [5.74, 6) is -0.0225. The Morgan fingerprint density at radius 3 is 2.51 bits per heavy atom. The lowest BCUT2D eigenvalue weighted by Gasteiger charge is -2.14. The number of hydrogen-bond acceptors (Lipinski definition) is 3. The van der Waals surface area contributed by atoms with Crippen LogP contribution in [0.15, 0.2) is 59.6 Å². The lowest BCUT2D eigenvalue weighted by Crippen LogP contribution is -2.17. The monoisotopic (exact) mass is 481 g/mol. The second-order valence-electron chi connectivity index (χ2n) is 9.47. The van der Waals surface area contributed by atoms with Crippen LogP contribution in [0.3, 0.4) is 0 Å². The predicted octanol–water partition coefficient (Wildman–Crippen LogP) is 7.65. The van der Waals surface area contributed by atoms with E-state index in [0.717, 1.165) is 58.2 Å². The Morgan fingerprint density at radius 1 is 0.971 bits per heavy atom. The summed E-state index contributed by atoms with van der Waals surface area (Å²) in [7, 11) is 0. The highest BCUT2D eigenvalue weighted by Crippen LogP contribution is 2.39. The van der Waals surface area contributed by atoms with Crippen LogP contribution in [0.2, 0.25) is 0 Å². The maximum Gasteiger partial charge on any atom is 0.258 e. The lowest BCUT2D eigenvalue weighted by atomic mass is 9.95. The second-order valence-corrected chi connectivity index (χ2v) is 10.6. The highest BCUT2D eigenvalue weighted by atomic mass is 32.1. The Morgan fingerprint density at radius 2 is 1.74 bits per heavy atom. The molecule has 1 aliphatic rings. The standard InChI is InChI=1S/C30H31N3OS/c1-19-12-14-24(15-13-19)32-29(34)28-26-10-5-6-11-27(26)35-30(28)33-21(3)17-23(22(33)4)18-31-25-9-7-8-20(2)16-25/h7-9,12-18H,5-6,10-11H2,1-4H3,(H,32,34). The summed E-state index contributed by atoms with van der Waals surface area (Å²) in [6, 6.07) is 18.4. The number of nitrogens with zero attached hydrogens (tertiary/aromatic N) is 2. The van der Waals surface area contributed by atoms with Crippen molar-refractivity contribution in [1.29, 1.82) is 0 Å². The molecule has 0 radical (unpaired) electrons. The smallest absolute Gasteiger partial charge is 0.258 e. The number of hydrogen-bond donors (Lipinski definition) is 1. The summed E-state index contributed by atoms with van der Waals surface area (Å²) in [5.41, 5.74) is 9.47. The van der Waals surface area contributed by atoms with Crippen LogP contribution >= 0.6 is 11.3 Å². The van der Waals surface area contributed by atoms with Gasteiger partial charge in [-0.2, -0.15) is 0 Å². The normalized spacial score (nSPS) is 13.3. The molecule has 2 aromatic heterocycles. The molecule has 1 amide bonds. The number of amides is 1. The van der Waals surface area contributed by atoms with Crippen LogP contribution in [0.25, 0.3) is 5.00 Å². The van der Waals surface area contributed by atoms with Gasteiger partial charge in [0.25, 0.3) is 5.91 Å². The van der Waals surface area contributed by atoms with E-state index in [1.54, 1.807) is 11.3 Å². The average molecular weight is 482 g/mol. The van der Waals surface area contributed by atoms with E-state index in [1.165, 1.54) is 28.0 Å². The van der Waals surface area contributed by atoms with Crippen molar-refractivity contribution < 1.29 is 4.79 Å². The van der Waals surface area contributed by atoms with E-state index in [-0.39, 0.29) is 5.91 Å². The zero-order valence-electron chi connectivity index (χ0n) is 20.8. The van der Waals surface area contributed by atoms with E-state index < -0.39 is 0 Å². The first-order valence-corrected chi connectivity index (χ1v) is 13.0. The SMILES string of the molecule is Cc1ccc(NC(=O)c2c(-n3c(C)cc(C=Nc4cccc(C)c4)c3C)sc3c2CCCC3)cc1. The zero-order valence-corrected chi connectivity index (χ0v) is 21.6. The van der Waals surface area contributed by atoms with Gasteiger partial charge in [0.1, 0.15) is 5.00 Å². The Hall–Kier alpha value is -3.44. The van der Waals surface area contributed by atoms with E-state index in [4.69, 9.17) is 4.99 Å². The average Bonchev–Trinajstić information content (AvgIpc) is 3.35. The van der Waals surface area contributed by atoms with Gasteiger partial charge in [-0.25, -0.2) is 0 Å². The van der Waals surface area contributed by atoms with E-state index in [1.807, 2.05) is 42.6 Å². The largest absolute Gasteiger partial charge is 0.322 e. The van der Waals surface area contributed by atoms with Crippen molar-refractivity contribution in [2.24, 2.45) is 4.99 Å². The molecule has 0 spiro atoms. The number of aliphatic imine (C=N–C) groups is 1. The molecule has 178 valence electrons. The lowest BCUT2D eigenvalue weighted by molar-refractivity contribution is 0.102. The molecule has 1 aliphatic carbocycles. The third-order valence-electron chi connectivity index (χ3n) is 6.72. The van der Waals surface area contributed by atoms with Crippen molar-refractivity contribution in [2.45, 2.75) is 53.4 Å². The third-order valence-corrected chi connectivity index (χ3v) is 7.99. The third kappa shape index (κ3) is 4.73. The number of nitrogens with one attached hydrogen (secondary N) is 1. The van der Waals surface area contributed by atoms with Crippen molar-refractivity contribution in [3.05, 3.63) is 98.7 Å². The van der Waals surface area contributed by atoms with E-state index in [9.17, 15) is 4.79 Å². The molecule has 0 unspecified atom stereocenters. The van der Waals surface area contributed by atoms with Gasteiger partial charge >= 0.3 is 0 Å². The van der Waals surface area contributed by atoms with Crippen molar-refractivity contribution in [2.75, 3.05) is 5.32 Å². The molecular formula is C30H31N3OS. The zero-order chi connectivity index (χ0) is 24.5. The molecule has 0 fully saturated rings. The molecular weight excluding hydrogens is 450 g/mol. The van der Waals surface area contributed by atoms with Gasteiger partial charge in [-0.15, -0.1) is 11.3 Å². The summed E-state index contributed by atoms with van der Waals surface area (Å²) in [4.78, 5) is 19.7. The fourth-order valence-corrected chi connectivity index (χ4v) is 6.35. The number of benzene rings is 2. The second kappa shape index (κ2) is 9.67. The quantitative estimate of drug-likeness (QED) is 0.292. The number of fused-ring (bicyclic) bond motifs is 1. The number of carbonyl (C=O) groups is 1. The molecule has 35 heavy (non-hydrogen) atoms. The van der Waals surface area contributed by atoms with Crippen LogP contribution in [0.1, 0.15) is 61.7 Å². The predicted molar refractivity (Wildman–Crippen MR) is 147 cm³/mol. The molecule has 2 aromatic carbocycles. The molecule has 0 atom stereocenters. The number of carbonyl (C=O) groups excluding carboxylic acids is 1. The number of aryl methyl sites for hydroxylation is 4. The van der Waals surface area contributed by atoms with Crippen molar-refractivity contribution in [3.8, 4) is 5.00 Å². The van der Waals surface area contributed by atoms with Crippen molar-refractivity contribution >= 4 is 34.8 Å². The maximum absolute atomic E-state index is 13.7. The molecule has 0 bridgehead atoms. The Kier molecular flexibility index (Phi) is 6.44. The summed E-state index contributed by atoms with van der Waals surface area (Å²) in [5, 5.41) is 4.18. The van der Waals surface area contributed by atoms with Crippen molar-refractivity contribution in [3.63, 3.8) is 0 Å². The van der Waals surface area contributed by atoms with Crippen LogP contribution in [-0.2, 0) is 12.8 Å². The van der Waals surface area contributed by atoms with Gasteiger partial charge in [0, 0.05) is 33.7 Å². The molecule has 2 heterocycles. The Balaban J connectivity index is 1.55. The molecule has 4 aromatic rings.